The number of nitrogens with zero attached hydrogens (tertiary/aromatic N) is 4. The van der Waals surface area contributed by atoms with E-state index < -0.39 is 0 Å². The van der Waals surface area contributed by atoms with Gasteiger partial charge < -0.3 is 9.84 Å². The van der Waals surface area contributed by atoms with E-state index >= 15 is 0 Å². The third kappa shape index (κ3) is 2.40. The van der Waals surface area contributed by atoms with Gasteiger partial charge in [-0.3, -0.25) is 0 Å². The van der Waals surface area contributed by atoms with Gasteiger partial charge in [0.25, 0.3) is 0 Å². The molecule has 0 aliphatic heterocycles. The second-order valence-corrected chi connectivity index (χ2v) is 4.48. The van der Waals surface area contributed by atoms with E-state index in [0.717, 1.165) is 25.0 Å². The van der Waals surface area contributed by atoms with Crippen LogP contribution in [0.15, 0.2) is 17.0 Å². The van der Waals surface area contributed by atoms with E-state index in [9.17, 15) is 0 Å². The first kappa shape index (κ1) is 11.7. The highest BCUT2D eigenvalue weighted by atomic mass is 16.5. The van der Waals surface area contributed by atoms with Gasteiger partial charge >= 0.3 is 0 Å². The number of aryl methyl sites for hydroxylation is 2. The van der Waals surface area contributed by atoms with Crippen molar-refractivity contribution in [2.24, 2.45) is 0 Å². The summed E-state index contributed by atoms with van der Waals surface area (Å²) in [6.45, 7) is 0.625. The predicted molar refractivity (Wildman–Crippen MR) is 67.5 cm³/mol. The zero-order valence-electron chi connectivity index (χ0n) is 10.4. The minimum Gasteiger partial charge on any atom is -0.369 e. The molecule has 0 spiro atoms. The molecular weight excluding hydrogens is 242 g/mol. The van der Waals surface area contributed by atoms with Crippen molar-refractivity contribution in [3.63, 3.8) is 0 Å². The highest BCUT2D eigenvalue weighted by Crippen LogP contribution is 2.24. The van der Waals surface area contributed by atoms with Crippen LogP contribution < -0.4 is 5.32 Å². The Hall–Kier alpha value is -2.42. The molecule has 0 bridgehead atoms. The first-order valence-corrected chi connectivity index (χ1v) is 6.29. The molecule has 0 saturated heterocycles. The second kappa shape index (κ2) is 5.06. The van der Waals surface area contributed by atoms with E-state index in [0.29, 0.717) is 30.2 Å². The molecule has 0 radical (unpaired) electrons. The van der Waals surface area contributed by atoms with E-state index in [1.54, 1.807) is 0 Å². The number of hydrogen-bond donors (Lipinski definition) is 1. The van der Waals surface area contributed by atoms with Crippen molar-refractivity contribution < 1.29 is 4.52 Å². The van der Waals surface area contributed by atoms with Crippen molar-refractivity contribution in [2.45, 2.75) is 25.7 Å². The third-order valence-corrected chi connectivity index (χ3v) is 3.22. The summed E-state index contributed by atoms with van der Waals surface area (Å²) in [6, 6.07) is 4.14. The van der Waals surface area contributed by atoms with Crippen molar-refractivity contribution in [3.05, 3.63) is 35.1 Å². The first-order valence-electron chi connectivity index (χ1n) is 6.29. The molecule has 0 amide bonds. The monoisotopic (exact) mass is 255 g/mol. The van der Waals surface area contributed by atoms with Crippen molar-refractivity contribution in [1.82, 2.24) is 15.1 Å². The molecule has 1 aliphatic rings. The average molecular weight is 255 g/mol. The number of anilines is 1. The van der Waals surface area contributed by atoms with Crippen LogP contribution in [0.2, 0.25) is 0 Å². The normalized spacial score (nSPS) is 13.0. The SMILES string of the molecule is N#Cc1cc2c(nc1NCCc1ncon1)CCC2. The molecule has 2 heterocycles. The minimum absolute atomic E-state index is 0.605. The third-order valence-electron chi connectivity index (χ3n) is 3.22. The summed E-state index contributed by atoms with van der Waals surface area (Å²) in [7, 11) is 0. The van der Waals surface area contributed by atoms with Crippen LogP contribution >= 0.6 is 0 Å². The van der Waals surface area contributed by atoms with E-state index in [4.69, 9.17) is 5.26 Å². The second-order valence-electron chi connectivity index (χ2n) is 4.48. The molecule has 6 heteroatoms. The van der Waals surface area contributed by atoms with Crippen LogP contribution in [-0.4, -0.2) is 21.7 Å². The minimum atomic E-state index is 0.605. The number of aromatic nitrogens is 3. The smallest absolute Gasteiger partial charge is 0.213 e. The Labute approximate surface area is 110 Å². The van der Waals surface area contributed by atoms with Crippen molar-refractivity contribution in [2.75, 3.05) is 11.9 Å². The van der Waals surface area contributed by atoms with E-state index in [1.807, 2.05) is 6.07 Å². The molecule has 0 unspecified atom stereocenters. The molecular formula is C13H13N5O. The summed E-state index contributed by atoms with van der Waals surface area (Å²) in [5, 5.41) is 16.1. The lowest BCUT2D eigenvalue weighted by atomic mass is 10.1. The fraction of sp³-hybridized carbons (Fsp3) is 0.385. The van der Waals surface area contributed by atoms with E-state index in [2.05, 4.69) is 31.0 Å². The number of nitrogens with one attached hydrogen (secondary N) is 1. The molecule has 96 valence electrons. The fourth-order valence-corrected chi connectivity index (χ4v) is 2.29. The van der Waals surface area contributed by atoms with Crippen molar-refractivity contribution in [3.8, 4) is 6.07 Å². The van der Waals surface area contributed by atoms with E-state index in [1.165, 1.54) is 12.0 Å². The van der Waals surface area contributed by atoms with Gasteiger partial charge in [-0.2, -0.15) is 10.2 Å². The predicted octanol–water partition coefficient (Wildman–Crippen LogP) is 1.48. The Balaban J connectivity index is 1.72. The van der Waals surface area contributed by atoms with Crippen LogP contribution in [-0.2, 0) is 19.3 Å². The quantitative estimate of drug-likeness (QED) is 0.890. The summed E-state index contributed by atoms with van der Waals surface area (Å²) in [4.78, 5) is 8.49. The maximum Gasteiger partial charge on any atom is 0.213 e. The van der Waals surface area contributed by atoms with Crippen LogP contribution in [0, 0.1) is 11.3 Å². The molecule has 1 aliphatic carbocycles. The van der Waals surface area contributed by atoms with Crippen molar-refractivity contribution >= 4 is 5.82 Å². The molecule has 2 aromatic heterocycles. The molecule has 19 heavy (non-hydrogen) atoms. The lowest BCUT2D eigenvalue weighted by molar-refractivity contribution is 0.410. The maximum atomic E-state index is 9.16. The summed E-state index contributed by atoms with van der Waals surface area (Å²) < 4.78 is 4.67. The summed E-state index contributed by atoms with van der Waals surface area (Å²) in [6.07, 6.45) is 5.10. The van der Waals surface area contributed by atoms with Gasteiger partial charge in [0.05, 0.1) is 5.56 Å². The number of hydrogen-bond acceptors (Lipinski definition) is 6. The van der Waals surface area contributed by atoms with E-state index in [-0.39, 0.29) is 0 Å². The summed E-state index contributed by atoms with van der Waals surface area (Å²) >= 11 is 0. The van der Waals surface area contributed by atoms with Crippen LogP contribution in [0.3, 0.4) is 0 Å². The molecule has 0 saturated carbocycles. The molecule has 0 atom stereocenters. The van der Waals surface area contributed by atoms with Gasteiger partial charge in [-0.05, 0) is 30.9 Å². The van der Waals surface area contributed by atoms with Crippen LogP contribution in [0.1, 0.15) is 29.1 Å². The molecule has 0 fully saturated rings. The van der Waals surface area contributed by atoms with Gasteiger partial charge in [-0.15, -0.1) is 0 Å². The average Bonchev–Trinajstić information content (AvgIpc) is 3.08. The Kier molecular flexibility index (Phi) is 3.11. The van der Waals surface area contributed by atoms with Crippen LogP contribution in [0.4, 0.5) is 5.82 Å². The zero-order valence-corrected chi connectivity index (χ0v) is 10.4. The molecule has 3 rings (SSSR count). The standard InChI is InChI=1S/C13H13N5O/c14-7-10-6-9-2-1-3-11(9)17-13(10)15-5-4-12-16-8-19-18-12/h6,8H,1-5H2,(H,15,17). The number of fused-ring (bicyclic) bond motifs is 1. The molecule has 2 aromatic rings. The summed E-state index contributed by atoms with van der Waals surface area (Å²) in [5.74, 6) is 1.30. The zero-order chi connectivity index (χ0) is 13.1. The first-order chi connectivity index (χ1) is 9.36. The van der Waals surface area contributed by atoms with Gasteiger partial charge in [0.1, 0.15) is 11.9 Å². The number of rotatable bonds is 4. The van der Waals surface area contributed by atoms with Gasteiger partial charge in [-0.25, -0.2) is 4.98 Å². The summed E-state index contributed by atoms with van der Waals surface area (Å²) in [5.41, 5.74) is 2.93. The van der Waals surface area contributed by atoms with Gasteiger partial charge in [0, 0.05) is 18.7 Å². The Morgan fingerprint density at radius 3 is 3.16 bits per heavy atom. The largest absolute Gasteiger partial charge is 0.369 e. The van der Waals surface area contributed by atoms with Crippen LogP contribution in [0.5, 0.6) is 0 Å². The van der Waals surface area contributed by atoms with Crippen molar-refractivity contribution in [1.29, 1.82) is 5.26 Å². The lowest BCUT2D eigenvalue weighted by Crippen LogP contribution is -2.10. The molecule has 0 aromatic carbocycles. The van der Waals surface area contributed by atoms with Crippen LogP contribution in [0.25, 0.3) is 0 Å². The Morgan fingerprint density at radius 2 is 2.37 bits per heavy atom. The lowest BCUT2D eigenvalue weighted by Gasteiger charge is -2.08. The number of nitriles is 1. The van der Waals surface area contributed by atoms with Gasteiger partial charge in [0.2, 0.25) is 6.39 Å². The topological polar surface area (TPSA) is 87.6 Å². The van der Waals surface area contributed by atoms with Gasteiger partial charge in [0.15, 0.2) is 5.82 Å². The maximum absolute atomic E-state index is 9.16. The Bertz CT molecular complexity index is 615. The molecule has 1 N–H and O–H groups in total. The Morgan fingerprint density at radius 1 is 1.42 bits per heavy atom. The van der Waals surface area contributed by atoms with Gasteiger partial charge in [-0.1, -0.05) is 5.16 Å². The highest BCUT2D eigenvalue weighted by molar-refractivity contribution is 5.55. The number of pyridine rings is 1. The highest BCUT2D eigenvalue weighted by Gasteiger charge is 2.16. The fourth-order valence-electron chi connectivity index (χ4n) is 2.29. The molecule has 6 nitrogen and oxygen atoms in total.